The average molecular weight is 290 g/mol. The Morgan fingerprint density at radius 1 is 1.11 bits per heavy atom. The third-order valence-electron chi connectivity index (χ3n) is 5.69. The summed E-state index contributed by atoms with van der Waals surface area (Å²) < 4.78 is 0.594. The first-order valence-corrected chi connectivity index (χ1v) is 9.55. The molecule has 1 spiro atoms. The molecule has 1 saturated carbocycles. The highest BCUT2D eigenvalue weighted by atomic mass is 32.2. The fourth-order valence-corrected chi connectivity index (χ4v) is 7.89. The number of hydrogen-bond acceptors (Lipinski definition) is 2. The van der Waals surface area contributed by atoms with Crippen LogP contribution in [0, 0.1) is 5.92 Å². The largest absolute Gasteiger partial charge is 0.143 e. The fraction of sp³-hybridized carbons (Fsp3) is 0.647. The van der Waals surface area contributed by atoms with Crippen LogP contribution in [0.2, 0.25) is 0 Å². The Bertz CT molecular complexity index is 490. The second kappa shape index (κ2) is 4.46. The third-order valence-corrected chi connectivity index (χ3v) is 9.27. The molecule has 3 aliphatic rings. The number of hydrogen-bond donors (Lipinski definition) is 0. The zero-order chi connectivity index (χ0) is 12.9. The second-order valence-electron chi connectivity index (χ2n) is 6.62. The summed E-state index contributed by atoms with van der Waals surface area (Å²) in [7, 11) is 0. The molecule has 0 radical (unpaired) electrons. The number of rotatable bonds is 0. The van der Waals surface area contributed by atoms with Gasteiger partial charge in [-0.3, -0.25) is 0 Å². The minimum Gasteiger partial charge on any atom is -0.143 e. The minimum absolute atomic E-state index is 0.462. The van der Waals surface area contributed by atoms with Crippen molar-refractivity contribution >= 4 is 23.5 Å². The van der Waals surface area contributed by atoms with Gasteiger partial charge < -0.3 is 0 Å². The summed E-state index contributed by atoms with van der Waals surface area (Å²) in [5.74, 6) is 3.67. The zero-order valence-corrected chi connectivity index (χ0v) is 13.3. The van der Waals surface area contributed by atoms with Gasteiger partial charge in [-0.1, -0.05) is 31.2 Å². The normalized spacial score (nSPS) is 35.9. The summed E-state index contributed by atoms with van der Waals surface area (Å²) in [4.78, 5) is 0. The van der Waals surface area contributed by atoms with Crippen LogP contribution in [-0.4, -0.2) is 15.6 Å². The maximum Gasteiger partial charge on any atom is 0.0615 e. The molecule has 0 amide bonds. The Labute approximate surface area is 125 Å². The first-order valence-electron chi connectivity index (χ1n) is 7.58. The maximum absolute atomic E-state index is 2.55. The van der Waals surface area contributed by atoms with Crippen LogP contribution in [0.25, 0.3) is 0 Å². The first-order chi connectivity index (χ1) is 9.22. The Kier molecular flexibility index (Phi) is 2.97. The van der Waals surface area contributed by atoms with Crippen molar-refractivity contribution in [3.05, 3.63) is 35.4 Å². The Morgan fingerprint density at radius 3 is 2.74 bits per heavy atom. The van der Waals surface area contributed by atoms with E-state index in [2.05, 4.69) is 54.7 Å². The summed E-state index contributed by atoms with van der Waals surface area (Å²) >= 11 is 4.53. The van der Waals surface area contributed by atoms with Crippen molar-refractivity contribution in [1.82, 2.24) is 0 Å². The van der Waals surface area contributed by atoms with Gasteiger partial charge in [0.05, 0.1) is 4.08 Å². The monoisotopic (exact) mass is 290 g/mol. The summed E-state index contributed by atoms with van der Waals surface area (Å²) in [6.45, 7) is 2.55. The van der Waals surface area contributed by atoms with E-state index in [0.29, 0.717) is 9.49 Å². The van der Waals surface area contributed by atoms with Gasteiger partial charge in [-0.2, -0.15) is 0 Å². The number of thioether (sulfide) groups is 2. The molecule has 1 aliphatic heterocycles. The van der Waals surface area contributed by atoms with Crippen molar-refractivity contribution in [2.24, 2.45) is 5.92 Å². The summed E-state index contributed by atoms with van der Waals surface area (Å²) in [5.41, 5.74) is 3.77. The molecule has 0 aromatic heterocycles. The zero-order valence-electron chi connectivity index (χ0n) is 11.7. The number of benzene rings is 1. The molecule has 2 aliphatic carbocycles. The minimum atomic E-state index is 0.462. The van der Waals surface area contributed by atoms with Crippen LogP contribution in [-0.2, 0) is 11.8 Å². The van der Waals surface area contributed by atoms with Crippen molar-refractivity contribution < 1.29 is 0 Å². The molecule has 19 heavy (non-hydrogen) atoms. The highest BCUT2D eigenvalue weighted by Crippen LogP contribution is 2.61. The van der Waals surface area contributed by atoms with Crippen LogP contribution in [0.3, 0.4) is 0 Å². The lowest BCUT2D eigenvalue weighted by molar-refractivity contribution is 0.175. The molecular formula is C17H22S2. The Balaban J connectivity index is 1.69. The van der Waals surface area contributed by atoms with Gasteiger partial charge in [0, 0.05) is 11.5 Å². The molecule has 2 fully saturated rings. The van der Waals surface area contributed by atoms with Crippen molar-refractivity contribution in [2.45, 2.75) is 48.5 Å². The van der Waals surface area contributed by atoms with Crippen LogP contribution in [0.5, 0.6) is 0 Å². The van der Waals surface area contributed by atoms with E-state index in [0.717, 1.165) is 5.92 Å². The van der Waals surface area contributed by atoms with Gasteiger partial charge in [-0.25, -0.2) is 0 Å². The SMILES string of the molecule is C[C@]12CCC3(C[C@H]1CCc1ccccc12)SCCS3. The molecule has 1 aromatic carbocycles. The highest BCUT2D eigenvalue weighted by molar-refractivity contribution is 8.21. The predicted molar refractivity (Wildman–Crippen MR) is 87.1 cm³/mol. The Hall–Kier alpha value is -0.0800. The predicted octanol–water partition coefficient (Wildman–Crippen LogP) is 4.87. The van der Waals surface area contributed by atoms with E-state index in [9.17, 15) is 0 Å². The number of aryl methyl sites for hydroxylation is 1. The number of fused-ring (bicyclic) bond motifs is 3. The molecule has 2 atom stereocenters. The van der Waals surface area contributed by atoms with Gasteiger partial charge in [0.2, 0.25) is 0 Å². The lowest BCUT2D eigenvalue weighted by Gasteiger charge is -2.51. The first kappa shape index (κ1) is 12.6. The fourth-order valence-electron chi connectivity index (χ4n) is 4.52. The molecule has 1 saturated heterocycles. The van der Waals surface area contributed by atoms with E-state index in [-0.39, 0.29) is 0 Å². The van der Waals surface area contributed by atoms with Crippen LogP contribution in [0.15, 0.2) is 24.3 Å². The third kappa shape index (κ3) is 1.90. The highest BCUT2D eigenvalue weighted by Gasteiger charge is 2.50. The van der Waals surface area contributed by atoms with Gasteiger partial charge in [0.1, 0.15) is 0 Å². The Morgan fingerprint density at radius 2 is 1.89 bits per heavy atom. The molecule has 1 heterocycles. The summed E-state index contributed by atoms with van der Waals surface area (Å²) in [6.07, 6.45) is 6.99. The molecule has 0 unspecified atom stereocenters. The van der Waals surface area contributed by atoms with Gasteiger partial charge in [-0.05, 0) is 54.6 Å². The van der Waals surface area contributed by atoms with Crippen LogP contribution < -0.4 is 0 Å². The molecule has 2 heteroatoms. The molecule has 4 rings (SSSR count). The van der Waals surface area contributed by atoms with Gasteiger partial charge >= 0.3 is 0 Å². The van der Waals surface area contributed by atoms with Gasteiger partial charge in [-0.15, -0.1) is 23.5 Å². The van der Waals surface area contributed by atoms with E-state index in [1.807, 2.05) is 0 Å². The average Bonchev–Trinajstić information content (AvgIpc) is 2.89. The van der Waals surface area contributed by atoms with Crippen LogP contribution in [0.4, 0.5) is 0 Å². The van der Waals surface area contributed by atoms with E-state index in [1.54, 1.807) is 11.1 Å². The van der Waals surface area contributed by atoms with Crippen molar-refractivity contribution in [2.75, 3.05) is 11.5 Å². The smallest absolute Gasteiger partial charge is 0.0615 e. The van der Waals surface area contributed by atoms with Gasteiger partial charge in [0.15, 0.2) is 0 Å². The topological polar surface area (TPSA) is 0 Å². The standard InChI is InChI=1S/C17H22S2/c1-16-8-9-17(18-10-11-19-17)12-14(16)7-6-13-4-2-3-5-15(13)16/h2-5,14H,6-12H2,1H3/t14-,16+/m1/s1. The van der Waals surface area contributed by atoms with E-state index in [4.69, 9.17) is 0 Å². The lowest BCUT2D eigenvalue weighted by atomic mass is 9.58. The molecule has 102 valence electrons. The molecule has 1 aromatic rings. The second-order valence-corrected chi connectivity index (χ2v) is 9.84. The molecule has 0 nitrogen and oxygen atoms in total. The van der Waals surface area contributed by atoms with E-state index < -0.39 is 0 Å². The van der Waals surface area contributed by atoms with Crippen LogP contribution >= 0.6 is 23.5 Å². The quantitative estimate of drug-likeness (QED) is 0.669. The van der Waals surface area contributed by atoms with Crippen molar-refractivity contribution in [3.63, 3.8) is 0 Å². The van der Waals surface area contributed by atoms with Gasteiger partial charge in [0.25, 0.3) is 0 Å². The molecular weight excluding hydrogens is 268 g/mol. The van der Waals surface area contributed by atoms with Crippen molar-refractivity contribution in [1.29, 1.82) is 0 Å². The van der Waals surface area contributed by atoms with E-state index in [1.165, 1.54) is 43.6 Å². The van der Waals surface area contributed by atoms with E-state index >= 15 is 0 Å². The maximum atomic E-state index is 2.55. The molecule has 0 N–H and O–H groups in total. The van der Waals surface area contributed by atoms with Crippen LogP contribution in [0.1, 0.15) is 43.7 Å². The lowest BCUT2D eigenvalue weighted by Crippen LogP contribution is -2.45. The van der Waals surface area contributed by atoms with Crippen molar-refractivity contribution in [3.8, 4) is 0 Å². The summed E-state index contributed by atoms with van der Waals surface area (Å²) in [5, 5.41) is 0. The summed E-state index contributed by atoms with van der Waals surface area (Å²) in [6, 6.07) is 9.24. The molecule has 0 bridgehead atoms.